The van der Waals surface area contributed by atoms with Gasteiger partial charge in [0.05, 0.1) is 18.4 Å². The van der Waals surface area contributed by atoms with E-state index in [9.17, 15) is 4.79 Å². The number of primary amides is 1. The Hall–Kier alpha value is -2.30. The first kappa shape index (κ1) is 10.2. The highest BCUT2D eigenvalue weighted by Crippen LogP contribution is 2.07. The zero-order valence-corrected chi connectivity index (χ0v) is 8.51. The Bertz CT molecular complexity index is 462. The Morgan fingerprint density at radius 2 is 2.31 bits per heavy atom. The molecular formula is C11H11N3O2. The maximum absolute atomic E-state index is 10.8. The number of anilines is 1. The largest absolute Gasteiger partial charge is 0.467 e. The number of hydrogen-bond donors (Lipinski definition) is 2. The summed E-state index contributed by atoms with van der Waals surface area (Å²) in [5.74, 6) is 1.01. The number of aromatic nitrogens is 1. The first-order valence-corrected chi connectivity index (χ1v) is 4.78. The number of pyridine rings is 1. The molecule has 5 heteroatoms. The Labute approximate surface area is 92.3 Å². The molecule has 0 atom stereocenters. The Morgan fingerprint density at radius 3 is 2.88 bits per heavy atom. The van der Waals surface area contributed by atoms with E-state index in [0.29, 0.717) is 17.9 Å². The molecule has 0 saturated heterocycles. The second-order valence-electron chi connectivity index (χ2n) is 3.23. The van der Waals surface area contributed by atoms with Gasteiger partial charge in [0.25, 0.3) is 0 Å². The molecule has 0 radical (unpaired) electrons. The molecule has 3 N–H and O–H groups in total. The molecule has 0 bridgehead atoms. The molecule has 0 fully saturated rings. The molecule has 16 heavy (non-hydrogen) atoms. The van der Waals surface area contributed by atoms with Gasteiger partial charge >= 0.3 is 0 Å². The lowest BCUT2D eigenvalue weighted by Gasteiger charge is -2.03. The highest BCUT2D eigenvalue weighted by molar-refractivity contribution is 5.92. The summed E-state index contributed by atoms with van der Waals surface area (Å²) in [4.78, 5) is 14.8. The molecule has 0 aliphatic rings. The van der Waals surface area contributed by atoms with Gasteiger partial charge in [0, 0.05) is 6.20 Å². The standard InChI is InChI=1S/C11H11N3O2/c12-11(15)8-3-4-10(13-6-8)14-7-9-2-1-5-16-9/h1-6H,7H2,(H2,12,15)(H,13,14). The first-order valence-electron chi connectivity index (χ1n) is 4.78. The van der Waals surface area contributed by atoms with Crippen molar-refractivity contribution in [3.63, 3.8) is 0 Å². The zero-order valence-electron chi connectivity index (χ0n) is 8.51. The third kappa shape index (κ3) is 2.38. The van der Waals surface area contributed by atoms with E-state index >= 15 is 0 Å². The molecule has 2 heterocycles. The van der Waals surface area contributed by atoms with Gasteiger partial charge in [0.2, 0.25) is 5.91 Å². The summed E-state index contributed by atoms with van der Waals surface area (Å²) in [6.07, 6.45) is 3.05. The monoisotopic (exact) mass is 217 g/mol. The van der Waals surface area contributed by atoms with Crippen LogP contribution >= 0.6 is 0 Å². The molecule has 2 aromatic rings. The summed E-state index contributed by atoms with van der Waals surface area (Å²) < 4.78 is 5.15. The summed E-state index contributed by atoms with van der Waals surface area (Å²) in [6, 6.07) is 7.01. The van der Waals surface area contributed by atoms with Gasteiger partial charge in [-0.1, -0.05) is 0 Å². The van der Waals surface area contributed by atoms with Gasteiger partial charge in [0.15, 0.2) is 0 Å². The van der Waals surface area contributed by atoms with Crippen molar-refractivity contribution < 1.29 is 9.21 Å². The topological polar surface area (TPSA) is 81.2 Å². The van der Waals surface area contributed by atoms with Crippen molar-refractivity contribution in [2.45, 2.75) is 6.54 Å². The fraction of sp³-hybridized carbons (Fsp3) is 0.0909. The predicted octanol–water partition coefficient (Wildman–Crippen LogP) is 1.39. The van der Waals surface area contributed by atoms with Crippen molar-refractivity contribution in [1.82, 2.24) is 4.98 Å². The molecule has 1 amide bonds. The third-order valence-electron chi connectivity index (χ3n) is 2.07. The lowest BCUT2D eigenvalue weighted by atomic mass is 10.3. The number of nitrogens with two attached hydrogens (primary N) is 1. The summed E-state index contributed by atoms with van der Waals surface area (Å²) in [5.41, 5.74) is 5.49. The number of nitrogens with one attached hydrogen (secondary N) is 1. The minimum Gasteiger partial charge on any atom is -0.467 e. The number of carbonyl (C=O) groups is 1. The molecule has 0 aromatic carbocycles. The summed E-state index contributed by atoms with van der Waals surface area (Å²) >= 11 is 0. The van der Waals surface area contributed by atoms with Crippen LogP contribution in [0.15, 0.2) is 41.1 Å². The van der Waals surface area contributed by atoms with Gasteiger partial charge in [-0.25, -0.2) is 4.98 Å². The molecule has 82 valence electrons. The van der Waals surface area contributed by atoms with Crippen LogP contribution in [-0.4, -0.2) is 10.9 Å². The first-order chi connectivity index (χ1) is 7.75. The number of rotatable bonds is 4. The van der Waals surface area contributed by atoms with Crippen molar-refractivity contribution in [2.24, 2.45) is 5.73 Å². The number of hydrogen-bond acceptors (Lipinski definition) is 4. The van der Waals surface area contributed by atoms with E-state index in [1.54, 1.807) is 18.4 Å². The van der Waals surface area contributed by atoms with E-state index in [1.165, 1.54) is 6.20 Å². The highest BCUT2D eigenvalue weighted by Gasteiger charge is 2.01. The summed E-state index contributed by atoms with van der Waals surface area (Å²) in [6.45, 7) is 0.552. The van der Waals surface area contributed by atoms with Crippen LogP contribution in [0.5, 0.6) is 0 Å². The predicted molar refractivity (Wildman–Crippen MR) is 58.8 cm³/mol. The average molecular weight is 217 g/mol. The van der Waals surface area contributed by atoms with Gasteiger partial charge < -0.3 is 15.5 Å². The zero-order chi connectivity index (χ0) is 11.4. The molecular weight excluding hydrogens is 206 g/mol. The molecule has 0 aliphatic heterocycles. The summed E-state index contributed by atoms with van der Waals surface area (Å²) in [7, 11) is 0. The van der Waals surface area contributed by atoms with Gasteiger partial charge in [-0.15, -0.1) is 0 Å². The molecule has 0 spiro atoms. The van der Waals surface area contributed by atoms with Crippen LogP contribution in [-0.2, 0) is 6.54 Å². The van der Waals surface area contributed by atoms with Crippen molar-refractivity contribution >= 4 is 11.7 Å². The second kappa shape index (κ2) is 4.48. The van der Waals surface area contributed by atoms with Crippen LogP contribution in [0.4, 0.5) is 5.82 Å². The maximum Gasteiger partial charge on any atom is 0.250 e. The van der Waals surface area contributed by atoms with Crippen LogP contribution in [0.2, 0.25) is 0 Å². The molecule has 0 unspecified atom stereocenters. The van der Waals surface area contributed by atoms with E-state index in [-0.39, 0.29) is 0 Å². The lowest BCUT2D eigenvalue weighted by molar-refractivity contribution is 0.1000. The van der Waals surface area contributed by atoms with Crippen LogP contribution in [0.25, 0.3) is 0 Å². The third-order valence-corrected chi connectivity index (χ3v) is 2.07. The number of furan rings is 1. The minimum absolute atomic E-state index is 0.392. The van der Waals surface area contributed by atoms with E-state index in [1.807, 2.05) is 12.1 Å². The lowest BCUT2D eigenvalue weighted by Crippen LogP contribution is -2.11. The fourth-order valence-corrected chi connectivity index (χ4v) is 1.24. The van der Waals surface area contributed by atoms with Crippen LogP contribution in [0.3, 0.4) is 0 Å². The molecule has 2 rings (SSSR count). The van der Waals surface area contributed by atoms with Crippen molar-refractivity contribution in [2.75, 3.05) is 5.32 Å². The Kier molecular flexibility index (Phi) is 2.86. The van der Waals surface area contributed by atoms with E-state index in [2.05, 4.69) is 10.3 Å². The van der Waals surface area contributed by atoms with Gasteiger partial charge in [0.1, 0.15) is 11.6 Å². The highest BCUT2D eigenvalue weighted by atomic mass is 16.3. The number of carbonyl (C=O) groups excluding carboxylic acids is 1. The summed E-state index contributed by atoms with van der Waals surface area (Å²) in [5, 5.41) is 3.06. The van der Waals surface area contributed by atoms with Crippen molar-refractivity contribution in [3.8, 4) is 0 Å². The normalized spacial score (nSPS) is 10.0. The molecule has 2 aromatic heterocycles. The molecule has 0 aliphatic carbocycles. The second-order valence-corrected chi connectivity index (χ2v) is 3.23. The molecule has 0 saturated carbocycles. The van der Waals surface area contributed by atoms with Crippen molar-refractivity contribution in [3.05, 3.63) is 48.0 Å². The number of amides is 1. The average Bonchev–Trinajstić information content (AvgIpc) is 2.80. The Balaban J connectivity index is 1.98. The quantitative estimate of drug-likeness (QED) is 0.810. The van der Waals surface area contributed by atoms with E-state index in [0.717, 1.165) is 5.76 Å². The Morgan fingerprint density at radius 1 is 1.44 bits per heavy atom. The minimum atomic E-state index is -0.481. The van der Waals surface area contributed by atoms with Gasteiger partial charge in [-0.05, 0) is 24.3 Å². The SMILES string of the molecule is NC(=O)c1ccc(NCc2ccco2)nc1. The number of nitrogens with zero attached hydrogens (tertiary/aromatic N) is 1. The smallest absolute Gasteiger partial charge is 0.250 e. The maximum atomic E-state index is 10.8. The van der Waals surface area contributed by atoms with Gasteiger partial charge in [-0.2, -0.15) is 0 Å². The fourth-order valence-electron chi connectivity index (χ4n) is 1.24. The molecule has 5 nitrogen and oxygen atoms in total. The van der Waals surface area contributed by atoms with Gasteiger partial charge in [-0.3, -0.25) is 4.79 Å². The van der Waals surface area contributed by atoms with Crippen LogP contribution in [0.1, 0.15) is 16.1 Å². The van der Waals surface area contributed by atoms with E-state index < -0.39 is 5.91 Å². The van der Waals surface area contributed by atoms with Crippen molar-refractivity contribution in [1.29, 1.82) is 0 Å². The van der Waals surface area contributed by atoms with E-state index in [4.69, 9.17) is 10.2 Å². The van der Waals surface area contributed by atoms with Crippen LogP contribution in [0, 0.1) is 0 Å². The van der Waals surface area contributed by atoms with Crippen LogP contribution < -0.4 is 11.1 Å².